The number of hydrogen-bond donors (Lipinski definition) is 1. The number of carbonyl (C=O) groups excluding carboxylic acids is 3. The minimum Gasteiger partial charge on any atom is -0.466 e. The Morgan fingerprint density at radius 1 is 1.27 bits per heavy atom. The van der Waals surface area contributed by atoms with E-state index in [0.717, 1.165) is 4.47 Å². The zero-order valence-corrected chi connectivity index (χ0v) is 14.8. The third-order valence-electron chi connectivity index (χ3n) is 2.61. The molecule has 1 aromatic rings. The lowest BCUT2D eigenvalue weighted by Gasteiger charge is -2.16. The number of hydrogen-bond acceptors (Lipinski definition) is 6. The summed E-state index contributed by atoms with van der Waals surface area (Å²) in [7, 11) is 0. The molecule has 0 saturated carbocycles. The van der Waals surface area contributed by atoms with E-state index in [9.17, 15) is 14.4 Å². The summed E-state index contributed by atoms with van der Waals surface area (Å²) in [5.74, 6) is -1.35. The molecule has 0 unspecified atom stereocenters. The molecule has 1 heterocycles. The molecule has 0 aliphatic carbocycles. The SMILES string of the molecule is CCOC(=O)CC[C@@H](NC(=O)c1cc(Br)cs1)C(=O)OCC. The zero-order chi connectivity index (χ0) is 16.5. The maximum atomic E-state index is 12.1. The van der Waals surface area contributed by atoms with E-state index < -0.39 is 18.0 Å². The first-order valence-electron chi connectivity index (χ1n) is 6.85. The van der Waals surface area contributed by atoms with Crippen LogP contribution in [0.15, 0.2) is 15.9 Å². The van der Waals surface area contributed by atoms with Gasteiger partial charge in [-0.25, -0.2) is 4.79 Å². The molecule has 0 spiro atoms. The van der Waals surface area contributed by atoms with Crippen molar-refractivity contribution < 1.29 is 23.9 Å². The van der Waals surface area contributed by atoms with Gasteiger partial charge in [-0.15, -0.1) is 11.3 Å². The van der Waals surface area contributed by atoms with Gasteiger partial charge < -0.3 is 14.8 Å². The van der Waals surface area contributed by atoms with Gasteiger partial charge in [-0.05, 0) is 42.3 Å². The topological polar surface area (TPSA) is 81.7 Å². The van der Waals surface area contributed by atoms with Gasteiger partial charge in [0, 0.05) is 16.3 Å². The molecule has 0 aliphatic heterocycles. The van der Waals surface area contributed by atoms with Crippen molar-refractivity contribution in [1.29, 1.82) is 0 Å². The van der Waals surface area contributed by atoms with Crippen molar-refractivity contribution in [3.8, 4) is 0 Å². The van der Waals surface area contributed by atoms with Crippen LogP contribution in [-0.2, 0) is 19.1 Å². The van der Waals surface area contributed by atoms with Gasteiger partial charge in [0.15, 0.2) is 0 Å². The van der Waals surface area contributed by atoms with E-state index in [2.05, 4.69) is 21.2 Å². The van der Waals surface area contributed by atoms with Crippen LogP contribution in [0.25, 0.3) is 0 Å². The van der Waals surface area contributed by atoms with E-state index in [4.69, 9.17) is 9.47 Å². The molecule has 6 nitrogen and oxygen atoms in total. The van der Waals surface area contributed by atoms with Gasteiger partial charge in [0.05, 0.1) is 18.1 Å². The van der Waals surface area contributed by atoms with Gasteiger partial charge in [0.2, 0.25) is 0 Å². The number of rotatable bonds is 8. The monoisotopic (exact) mass is 391 g/mol. The minimum atomic E-state index is -0.877. The van der Waals surface area contributed by atoms with Gasteiger partial charge in [-0.1, -0.05) is 0 Å². The number of ether oxygens (including phenoxy) is 2. The first-order valence-corrected chi connectivity index (χ1v) is 8.52. The van der Waals surface area contributed by atoms with E-state index in [0.29, 0.717) is 4.88 Å². The second-order valence-electron chi connectivity index (χ2n) is 4.25. The average Bonchev–Trinajstić information content (AvgIpc) is 2.90. The van der Waals surface area contributed by atoms with E-state index >= 15 is 0 Å². The van der Waals surface area contributed by atoms with Gasteiger partial charge in [0.1, 0.15) is 6.04 Å². The van der Waals surface area contributed by atoms with Crippen LogP contribution in [0.1, 0.15) is 36.4 Å². The number of halogens is 1. The van der Waals surface area contributed by atoms with Crippen LogP contribution in [0.4, 0.5) is 0 Å². The Morgan fingerprint density at radius 3 is 2.50 bits per heavy atom. The van der Waals surface area contributed by atoms with Gasteiger partial charge in [0.25, 0.3) is 5.91 Å². The predicted molar refractivity (Wildman–Crippen MR) is 85.8 cm³/mol. The van der Waals surface area contributed by atoms with Crippen LogP contribution in [0.3, 0.4) is 0 Å². The third-order valence-corrected chi connectivity index (χ3v) is 4.30. The number of esters is 2. The third kappa shape index (κ3) is 6.15. The number of thiophene rings is 1. The Kier molecular flexibility index (Phi) is 8.11. The summed E-state index contributed by atoms with van der Waals surface area (Å²) in [6.45, 7) is 3.86. The summed E-state index contributed by atoms with van der Waals surface area (Å²) in [6, 6.07) is 0.783. The Labute approximate surface area is 141 Å². The number of nitrogens with one attached hydrogen (secondary N) is 1. The highest BCUT2D eigenvalue weighted by Crippen LogP contribution is 2.19. The van der Waals surface area contributed by atoms with Crippen molar-refractivity contribution in [3.63, 3.8) is 0 Å². The summed E-state index contributed by atoms with van der Waals surface area (Å²) in [5, 5.41) is 4.37. The van der Waals surface area contributed by atoms with E-state index in [1.54, 1.807) is 25.3 Å². The van der Waals surface area contributed by atoms with Crippen molar-refractivity contribution in [2.24, 2.45) is 0 Å². The van der Waals surface area contributed by atoms with Crippen molar-refractivity contribution in [3.05, 3.63) is 20.8 Å². The van der Waals surface area contributed by atoms with Crippen LogP contribution < -0.4 is 5.32 Å². The largest absolute Gasteiger partial charge is 0.466 e. The molecule has 1 aromatic heterocycles. The lowest BCUT2D eigenvalue weighted by molar-refractivity contribution is -0.146. The fraction of sp³-hybridized carbons (Fsp3) is 0.500. The lowest BCUT2D eigenvalue weighted by atomic mass is 10.1. The molecular weight excluding hydrogens is 374 g/mol. The quantitative estimate of drug-likeness (QED) is 0.688. The van der Waals surface area contributed by atoms with Crippen LogP contribution in [0.2, 0.25) is 0 Å². The van der Waals surface area contributed by atoms with Crippen molar-refractivity contribution in [2.75, 3.05) is 13.2 Å². The molecule has 1 atom stereocenters. The normalized spacial score (nSPS) is 11.6. The fourth-order valence-corrected chi connectivity index (χ4v) is 2.98. The summed E-state index contributed by atoms with van der Waals surface area (Å²) < 4.78 is 10.5. The highest BCUT2D eigenvalue weighted by Gasteiger charge is 2.24. The maximum Gasteiger partial charge on any atom is 0.328 e. The molecule has 8 heteroatoms. The van der Waals surface area contributed by atoms with Crippen LogP contribution in [-0.4, -0.2) is 37.1 Å². The van der Waals surface area contributed by atoms with Gasteiger partial charge >= 0.3 is 11.9 Å². The van der Waals surface area contributed by atoms with E-state index in [-0.39, 0.29) is 32.0 Å². The highest BCUT2D eigenvalue weighted by atomic mass is 79.9. The Morgan fingerprint density at radius 2 is 1.95 bits per heavy atom. The first-order chi connectivity index (χ1) is 10.5. The fourth-order valence-electron chi connectivity index (χ4n) is 1.65. The van der Waals surface area contributed by atoms with Crippen LogP contribution in [0.5, 0.6) is 0 Å². The molecule has 122 valence electrons. The van der Waals surface area contributed by atoms with Crippen molar-refractivity contribution in [2.45, 2.75) is 32.7 Å². The second kappa shape index (κ2) is 9.58. The van der Waals surface area contributed by atoms with Gasteiger partial charge in [-0.3, -0.25) is 9.59 Å². The smallest absolute Gasteiger partial charge is 0.328 e. The molecule has 1 N–H and O–H groups in total. The Balaban J connectivity index is 2.66. The molecular formula is C14H18BrNO5S. The first kappa shape index (κ1) is 18.6. The standard InChI is InChI=1S/C14H18BrNO5S/c1-3-20-12(17)6-5-10(14(19)21-4-2)16-13(18)11-7-9(15)8-22-11/h7-8,10H,3-6H2,1-2H3,(H,16,18)/t10-/m1/s1. The summed E-state index contributed by atoms with van der Waals surface area (Å²) in [6.07, 6.45) is 0.168. The van der Waals surface area contributed by atoms with Crippen LogP contribution >= 0.6 is 27.3 Å². The predicted octanol–water partition coefficient (Wildman–Crippen LogP) is 2.52. The van der Waals surface area contributed by atoms with Gasteiger partial charge in [-0.2, -0.15) is 0 Å². The molecule has 22 heavy (non-hydrogen) atoms. The molecule has 0 fully saturated rings. The molecule has 0 aliphatic rings. The number of amides is 1. The highest BCUT2D eigenvalue weighted by molar-refractivity contribution is 9.10. The van der Waals surface area contributed by atoms with Crippen LogP contribution in [0, 0.1) is 0 Å². The van der Waals surface area contributed by atoms with Crippen molar-refractivity contribution in [1.82, 2.24) is 5.32 Å². The molecule has 1 amide bonds. The van der Waals surface area contributed by atoms with E-state index in [1.807, 2.05) is 0 Å². The summed E-state index contributed by atoms with van der Waals surface area (Å²) in [5.41, 5.74) is 0. The molecule has 1 rings (SSSR count). The van der Waals surface area contributed by atoms with Crippen molar-refractivity contribution >= 4 is 45.1 Å². The average molecular weight is 392 g/mol. The molecule has 0 saturated heterocycles. The molecule has 0 aromatic carbocycles. The lowest BCUT2D eigenvalue weighted by Crippen LogP contribution is -2.42. The van der Waals surface area contributed by atoms with E-state index in [1.165, 1.54) is 11.3 Å². The molecule has 0 bridgehead atoms. The zero-order valence-electron chi connectivity index (χ0n) is 12.4. The Hall–Kier alpha value is -1.41. The molecule has 0 radical (unpaired) electrons. The maximum absolute atomic E-state index is 12.1. The second-order valence-corrected chi connectivity index (χ2v) is 6.08. The number of carbonyl (C=O) groups is 3. The summed E-state index contributed by atoms with van der Waals surface area (Å²) >= 11 is 4.52. The minimum absolute atomic E-state index is 0.0335. The summed E-state index contributed by atoms with van der Waals surface area (Å²) in [4.78, 5) is 35.9. The Bertz CT molecular complexity index is 531.